The van der Waals surface area contributed by atoms with Crippen molar-refractivity contribution in [1.82, 2.24) is 4.31 Å². The summed E-state index contributed by atoms with van der Waals surface area (Å²) in [6.07, 6.45) is -0.383. The van der Waals surface area contributed by atoms with Crippen LogP contribution < -0.4 is 4.74 Å². The van der Waals surface area contributed by atoms with Crippen molar-refractivity contribution < 1.29 is 32.2 Å². The number of rotatable bonds is 5. The van der Waals surface area contributed by atoms with Gasteiger partial charge in [0.2, 0.25) is 10.0 Å². The molecular weight excluding hydrogens is 410 g/mol. The number of hydrogen-bond acceptors (Lipinski definition) is 7. The van der Waals surface area contributed by atoms with Gasteiger partial charge in [0.15, 0.2) is 0 Å². The maximum Gasteiger partial charge on any atom is 0.343 e. The zero-order valence-electron chi connectivity index (χ0n) is 16.9. The van der Waals surface area contributed by atoms with Gasteiger partial charge < -0.3 is 14.2 Å². The number of benzene rings is 2. The lowest BCUT2D eigenvalue weighted by Gasteiger charge is -2.34. The first-order valence-corrected chi connectivity index (χ1v) is 10.8. The van der Waals surface area contributed by atoms with Crippen molar-refractivity contribution in [3.05, 3.63) is 59.7 Å². The minimum Gasteiger partial charge on any atom is -0.465 e. The van der Waals surface area contributed by atoms with Gasteiger partial charge in [-0.3, -0.25) is 0 Å². The minimum absolute atomic E-state index is 0.0998. The zero-order valence-corrected chi connectivity index (χ0v) is 17.7. The van der Waals surface area contributed by atoms with Crippen molar-refractivity contribution in [2.24, 2.45) is 0 Å². The largest absolute Gasteiger partial charge is 0.465 e. The summed E-state index contributed by atoms with van der Waals surface area (Å²) in [6.45, 7) is 4.21. The van der Waals surface area contributed by atoms with E-state index in [9.17, 15) is 18.0 Å². The Morgan fingerprint density at radius 3 is 1.93 bits per heavy atom. The third kappa shape index (κ3) is 4.86. The molecule has 3 rings (SSSR count). The van der Waals surface area contributed by atoms with E-state index in [1.165, 1.54) is 59.9 Å². The number of hydrogen-bond donors (Lipinski definition) is 0. The molecule has 160 valence electrons. The Labute approximate surface area is 175 Å². The fourth-order valence-corrected chi connectivity index (χ4v) is 4.77. The average Bonchev–Trinajstić information content (AvgIpc) is 2.73. The molecule has 1 aliphatic rings. The molecule has 0 N–H and O–H groups in total. The van der Waals surface area contributed by atoms with Gasteiger partial charge in [-0.25, -0.2) is 18.0 Å². The van der Waals surface area contributed by atoms with E-state index in [4.69, 9.17) is 9.47 Å². The number of sulfonamides is 1. The highest BCUT2D eigenvalue weighted by molar-refractivity contribution is 7.89. The number of methoxy groups -OCH3 is 1. The molecule has 1 aliphatic heterocycles. The number of nitrogens with zero attached hydrogens (tertiary/aromatic N) is 1. The van der Waals surface area contributed by atoms with Crippen LogP contribution in [0.2, 0.25) is 0 Å². The molecule has 9 heteroatoms. The van der Waals surface area contributed by atoms with E-state index in [0.717, 1.165) is 0 Å². The lowest BCUT2D eigenvalue weighted by molar-refractivity contribution is -0.0440. The Morgan fingerprint density at radius 2 is 1.40 bits per heavy atom. The van der Waals surface area contributed by atoms with E-state index in [-0.39, 0.29) is 41.5 Å². The molecule has 2 aromatic carbocycles. The summed E-state index contributed by atoms with van der Waals surface area (Å²) < 4.78 is 42.6. The molecule has 2 atom stereocenters. The minimum atomic E-state index is -3.69. The summed E-state index contributed by atoms with van der Waals surface area (Å²) >= 11 is 0. The Balaban J connectivity index is 1.70. The molecule has 8 nitrogen and oxygen atoms in total. The van der Waals surface area contributed by atoms with Crippen LogP contribution in [0.5, 0.6) is 5.75 Å². The van der Waals surface area contributed by atoms with Crippen LogP contribution in [0.3, 0.4) is 0 Å². The predicted octanol–water partition coefficient (Wildman–Crippen LogP) is 2.49. The molecule has 0 spiro atoms. The average molecular weight is 433 g/mol. The summed E-state index contributed by atoms with van der Waals surface area (Å²) in [5.41, 5.74) is 0.535. The van der Waals surface area contributed by atoms with Crippen LogP contribution in [0, 0.1) is 0 Å². The fraction of sp³-hybridized carbons (Fsp3) is 0.333. The van der Waals surface area contributed by atoms with Gasteiger partial charge in [-0.1, -0.05) is 0 Å². The Kier molecular flexibility index (Phi) is 6.55. The highest BCUT2D eigenvalue weighted by atomic mass is 32.2. The van der Waals surface area contributed by atoms with E-state index >= 15 is 0 Å². The van der Waals surface area contributed by atoms with Crippen LogP contribution in [-0.4, -0.2) is 57.1 Å². The molecule has 1 saturated heterocycles. The molecule has 2 aromatic rings. The zero-order chi connectivity index (χ0) is 21.9. The Morgan fingerprint density at radius 1 is 0.900 bits per heavy atom. The van der Waals surface area contributed by atoms with Crippen molar-refractivity contribution in [3.63, 3.8) is 0 Å². The van der Waals surface area contributed by atoms with Crippen molar-refractivity contribution in [2.45, 2.75) is 31.0 Å². The SMILES string of the molecule is COC(=O)c1ccc(OC(=O)c2ccc(S(=O)(=O)N3CC(C)OC(C)C3)cc2)cc1. The molecule has 0 aromatic heterocycles. The van der Waals surface area contributed by atoms with Crippen molar-refractivity contribution in [1.29, 1.82) is 0 Å². The lowest BCUT2D eigenvalue weighted by atomic mass is 10.2. The maximum atomic E-state index is 12.9. The van der Waals surface area contributed by atoms with Gasteiger partial charge in [-0.2, -0.15) is 4.31 Å². The topological polar surface area (TPSA) is 99.2 Å². The summed E-state index contributed by atoms with van der Waals surface area (Å²) in [6, 6.07) is 11.5. The van der Waals surface area contributed by atoms with Gasteiger partial charge in [0, 0.05) is 13.1 Å². The normalized spacial score (nSPS) is 19.8. The fourth-order valence-electron chi connectivity index (χ4n) is 3.18. The summed E-state index contributed by atoms with van der Waals surface area (Å²) in [5, 5.41) is 0. The lowest BCUT2D eigenvalue weighted by Crippen LogP contribution is -2.48. The van der Waals surface area contributed by atoms with Gasteiger partial charge in [0.05, 0.1) is 35.3 Å². The Hall–Kier alpha value is -2.75. The van der Waals surface area contributed by atoms with Crippen molar-refractivity contribution in [2.75, 3.05) is 20.2 Å². The second-order valence-corrected chi connectivity index (χ2v) is 8.95. The molecule has 0 bridgehead atoms. The molecule has 1 fully saturated rings. The number of morpholine rings is 1. The van der Waals surface area contributed by atoms with Gasteiger partial charge in [0.1, 0.15) is 5.75 Å². The van der Waals surface area contributed by atoms with E-state index in [1.807, 2.05) is 13.8 Å². The molecule has 0 saturated carbocycles. The molecule has 0 aliphatic carbocycles. The van der Waals surface area contributed by atoms with Gasteiger partial charge in [-0.05, 0) is 62.4 Å². The van der Waals surface area contributed by atoms with Crippen LogP contribution >= 0.6 is 0 Å². The third-order valence-corrected chi connectivity index (χ3v) is 6.45. The second kappa shape index (κ2) is 8.95. The van der Waals surface area contributed by atoms with E-state index in [1.54, 1.807) is 0 Å². The van der Waals surface area contributed by atoms with Crippen LogP contribution in [0.15, 0.2) is 53.4 Å². The summed E-state index contributed by atoms with van der Waals surface area (Å²) in [5.74, 6) is -0.882. The summed E-state index contributed by atoms with van der Waals surface area (Å²) in [7, 11) is -2.41. The molecule has 0 amide bonds. The van der Waals surface area contributed by atoms with Crippen LogP contribution in [0.4, 0.5) is 0 Å². The maximum absolute atomic E-state index is 12.9. The monoisotopic (exact) mass is 433 g/mol. The quantitative estimate of drug-likeness (QED) is 0.528. The van der Waals surface area contributed by atoms with Crippen molar-refractivity contribution in [3.8, 4) is 5.75 Å². The smallest absolute Gasteiger partial charge is 0.343 e. The summed E-state index contributed by atoms with van der Waals surface area (Å²) in [4.78, 5) is 23.9. The highest BCUT2D eigenvalue weighted by Gasteiger charge is 2.32. The highest BCUT2D eigenvalue weighted by Crippen LogP contribution is 2.22. The van der Waals surface area contributed by atoms with E-state index in [2.05, 4.69) is 4.74 Å². The molecule has 0 radical (unpaired) electrons. The number of carbonyl (C=O) groups is 2. The van der Waals surface area contributed by atoms with Gasteiger partial charge in [-0.15, -0.1) is 0 Å². The third-order valence-electron chi connectivity index (χ3n) is 4.60. The van der Waals surface area contributed by atoms with E-state index < -0.39 is 22.0 Å². The van der Waals surface area contributed by atoms with Crippen LogP contribution in [0.1, 0.15) is 34.6 Å². The number of ether oxygens (including phenoxy) is 3. The molecule has 2 unspecified atom stereocenters. The Bertz CT molecular complexity index is 1010. The van der Waals surface area contributed by atoms with Crippen LogP contribution in [0.25, 0.3) is 0 Å². The molecular formula is C21H23NO7S. The van der Waals surface area contributed by atoms with Gasteiger partial charge in [0.25, 0.3) is 0 Å². The molecule has 30 heavy (non-hydrogen) atoms. The predicted molar refractivity (Wildman–Crippen MR) is 108 cm³/mol. The first kappa shape index (κ1) is 21.9. The van der Waals surface area contributed by atoms with Gasteiger partial charge >= 0.3 is 11.9 Å². The van der Waals surface area contributed by atoms with E-state index in [0.29, 0.717) is 5.56 Å². The first-order valence-electron chi connectivity index (χ1n) is 9.37. The molecule has 1 heterocycles. The number of esters is 2. The number of carbonyl (C=O) groups excluding carboxylic acids is 2. The second-order valence-electron chi connectivity index (χ2n) is 7.01. The van der Waals surface area contributed by atoms with Crippen LogP contribution in [-0.2, 0) is 19.5 Å². The van der Waals surface area contributed by atoms with Crippen molar-refractivity contribution >= 4 is 22.0 Å². The first-order chi connectivity index (χ1) is 14.2. The standard InChI is InChI=1S/C21H23NO7S/c1-14-12-22(13-15(2)28-14)30(25,26)19-10-6-17(7-11-19)21(24)29-18-8-4-16(5-9-18)20(23)27-3/h4-11,14-15H,12-13H2,1-3H3.